The first kappa shape index (κ1) is 15.5. The number of piperidine rings is 1. The van der Waals surface area contributed by atoms with Crippen LogP contribution in [0.1, 0.15) is 33.1 Å². The molecule has 0 aromatic carbocycles. The van der Waals surface area contributed by atoms with Crippen LogP contribution < -0.4 is 0 Å². The minimum Gasteiger partial charge on any atom is -0.394 e. The van der Waals surface area contributed by atoms with E-state index in [-0.39, 0.29) is 30.1 Å². The van der Waals surface area contributed by atoms with Gasteiger partial charge in [0.2, 0.25) is 5.91 Å². The maximum Gasteiger partial charge on any atom is 0.246 e. The molecule has 1 saturated carbocycles. The van der Waals surface area contributed by atoms with Crippen molar-refractivity contribution < 1.29 is 19.7 Å². The maximum atomic E-state index is 12.0. The molecule has 2 rings (SSSR count). The highest BCUT2D eigenvalue weighted by molar-refractivity contribution is 5.88. The molecular weight excluding hydrogens is 258 g/mol. The largest absolute Gasteiger partial charge is 0.394 e. The van der Waals surface area contributed by atoms with Gasteiger partial charge in [-0.15, -0.1) is 0 Å². The smallest absolute Gasteiger partial charge is 0.246 e. The molecule has 0 radical (unpaired) electrons. The van der Waals surface area contributed by atoms with E-state index in [2.05, 4.69) is 0 Å². The molecule has 0 aromatic heterocycles. The van der Waals surface area contributed by atoms with Crippen molar-refractivity contribution in [3.63, 3.8) is 0 Å². The van der Waals surface area contributed by atoms with Crippen LogP contribution >= 0.6 is 0 Å². The van der Waals surface area contributed by atoms with E-state index < -0.39 is 0 Å². The number of carbonyl (C=O) groups excluding carboxylic acids is 1. The van der Waals surface area contributed by atoms with Gasteiger partial charge in [-0.05, 0) is 26.7 Å². The van der Waals surface area contributed by atoms with Crippen LogP contribution in [0.3, 0.4) is 0 Å². The van der Waals surface area contributed by atoms with Gasteiger partial charge in [0.05, 0.1) is 25.4 Å². The zero-order chi connectivity index (χ0) is 14.8. The molecule has 114 valence electrons. The van der Waals surface area contributed by atoms with Crippen LogP contribution in [-0.2, 0) is 9.53 Å². The Morgan fingerprint density at radius 2 is 2.05 bits per heavy atom. The number of aliphatic hydroxyl groups is 2. The molecule has 1 spiro atoms. The SMILES string of the molecule is CC(C)=CC(=O)N1CCC2(CC1)[C@H](O)C[C@@H]2OCCO. The van der Waals surface area contributed by atoms with Crippen LogP contribution in [0, 0.1) is 5.41 Å². The molecular formula is C15H25NO4. The zero-order valence-corrected chi connectivity index (χ0v) is 12.3. The van der Waals surface area contributed by atoms with E-state index in [1.54, 1.807) is 6.08 Å². The summed E-state index contributed by atoms with van der Waals surface area (Å²) in [5.41, 5.74) is 0.792. The lowest BCUT2D eigenvalue weighted by molar-refractivity contribution is -0.213. The summed E-state index contributed by atoms with van der Waals surface area (Å²) in [4.78, 5) is 13.8. The topological polar surface area (TPSA) is 70.0 Å². The first-order chi connectivity index (χ1) is 9.49. The molecule has 1 amide bonds. The van der Waals surface area contributed by atoms with Gasteiger partial charge in [-0.3, -0.25) is 4.79 Å². The maximum absolute atomic E-state index is 12.0. The highest BCUT2D eigenvalue weighted by atomic mass is 16.5. The molecule has 1 aliphatic carbocycles. The van der Waals surface area contributed by atoms with Gasteiger partial charge < -0.3 is 19.8 Å². The van der Waals surface area contributed by atoms with Crippen LogP contribution in [0.4, 0.5) is 0 Å². The van der Waals surface area contributed by atoms with Gasteiger partial charge in [-0.2, -0.15) is 0 Å². The van der Waals surface area contributed by atoms with Crippen molar-refractivity contribution in [2.24, 2.45) is 5.41 Å². The Labute approximate surface area is 120 Å². The Hall–Kier alpha value is -0.910. The van der Waals surface area contributed by atoms with Crippen molar-refractivity contribution in [1.29, 1.82) is 0 Å². The monoisotopic (exact) mass is 283 g/mol. The third-order valence-electron chi connectivity index (χ3n) is 4.57. The molecule has 2 atom stereocenters. The highest BCUT2D eigenvalue weighted by Gasteiger charge is 2.56. The van der Waals surface area contributed by atoms with E-state index in [9.17, 15) is 9.90 Å². The predicted octanol–water partition coefficient (Wildman–Crippen LogP) is 0.703. The number of hydrogen-bond donors (Lipinski definition) is 2. The molecule has 1 saturated heterocycles. The number of likely N-dealkylation sites (tertiary alicyclic amines) is 1. The average Bonchev–Trinajstić information content (AvgIpc) is 2.42. The number of amides is 1. The molecule has 0 aromatic rings. The van der Waals surface area contributed by atoms with E-state index in [1.807, 2.05) is 18.7 Å². The lowest BCUT2D eigenvalue weighted by Crippen LogP contribution is -2.62. The quantitative estimate of drug-likeness (QED) is 0.745. The van der Waals surface area contributed by atoms with Gasteiger partial charge in [0.15, 0.2) is 0 Å². The summed E-state index contributed by atoms with van der Waals surface area (Å²) < 4.78 is 5.63. The van der Waals surface area contributed by atoms with Crippen molar-refractivity contribution in [2.75, 3.05) is 26.3 Å². The van der Waals surface area contributed by atoms with Gasteiger partial charge in [0, 0.05) is 31.0 Å². The molecule has 0 bridgehead atoms. The second-order valence-corrected chi connectivity index (χ2v) is 6.11. The molecule has 0 unspecified atom stereocenters. The minimum atomic E-state index is -0.341. The number of nitrogens with zero attached hydrogens (tertiary/aromatic N) is 1. The van der Waals surface area contributed by atoms with E-state index in [1.165, 1.54) is 0 Å². The van der Waals surface area contributed by atoms with Crippen LogP contribution in [0.25, 0.3) is 0 Å². The molecule has 2 fully saturated rings. The lowest BCUT2D eigenvalue weighted by atomic mass is 9.58. The number of hydrogen-bond acceptors (Lipinski definition) is 4. The summed E-state index contributed by atoms with van der Waals surface area (Å²) in [5.74, 6) is 0.0569. The Bertz CT molecular complexity index is 381. The molecule has 2 aliphatic rings. The summed E-state index contributed by atoms with van der Waals surface area (Å²) >= 11 is 0. The zero-order valence-electron chi connectivity index (χ0n) is 12.3. The Morgan fingerprint density at radius 3 is 2.55 bits per heavy atom. The third kappa shape index (κ3) is 2.90. The summed E-state index contributed by atoms with van der Waals surface area (Å²) in [6.07, 6.45) is 3.52. The van der Waals surface area contributed by atoms with Gasteiger partial charge in [-0.25, -0.2) is 0 Å². The fraction of sp³-hybridized carbons (Fsp3) is 0.800. The molecule has 2 N–H and O–H groups in total. The van der Waals surface area contributed by atoms with Crippen molar-refractivity contribution in [1.82, 2.24) is 4.90 Å². The Kier molecular flexibility index (Phi) is 4.83. The van der Waals surface area contributed by atoms with Gasteiger partial charge in [0.25, 0.3) is 0 Å². The van der Waals surface area contributed by atoms with Crippen LogP contribution in [-0.4, -0.2) is 59.5 Å². The minimum absolute atomic E-state index is 0.00780. The van der Waals surface area contributed by atoms with Crippen LogP contribution in [0.2, 0.25) is 0 Å². The molecule has 1 heterocycles. The van der Waals surface area contributed by atoms with Gasteiger partial charge in [-0.1, -0.05) is 5.57 Å². The molecule has 20 heavy (non-hydrogen) atoms. The van der Waals surface area contributed by atoms with Crippen molar-refractivity contribution in [3.05, 3.63) is 11.6 Å². The summed E-state index contributed by atoms with van der Waals surface area (Å²) in [7, 11) is 0. The predicted molar refractivity (Wildman–Crippen MR) is 75.1 cm³/mol. The van der Waals surface area contributed by atoms with Crippen LogP contribution in [0.15, 0.2) is 11.6 Å². The van der Waals surface area contributed by atoms with Gasteiger partial charge >= 0.3 is 0 Å². The lowest BCUT2D eigenvalue weighted by Gasteiger charge is -2.56. The normalized spacial score (nSPS) is 28.1. The molecule has 5 nitrogen and oxygen atoms in total. The molecule has 1 aliphatic heterocycles. The Balaban J connectivity index is 1.92. The fourth-order valence-corrected chi connectivity index (χ4v) is 3.29. The summed E-state index contributed by atoms with van der Waals surface area (Å²) in [6, 6.07) is 0. The Morgan fingerprint density at radius 1 is 1.40 bits per heavy atom. The summed E-state index contributed by atoms with van der Waals surface area (Å²) in [5, 5.41) is 18.9. The molecule has 5 heteroatoms. The first-order valence-electron chi connectivity index (χ1n) is 7.34. The van der Waals surface area contributed by atoms with E-state index >= 15 is 0 Å². The van der Waals surface area contributed by atoms with Crippen molar-refractivity contribution in [3.8, 4) is 0 Å². The van der Waals surface area contributed by atoms with E-state index in [0.29, 0.717) is 26.1 Å². The van der Waals surface area contributed by atoms with Gasteiger partial charge in [0.1, 0.15) is 0 Å². The third-order valence-corrected chi connectivity index (χ3v) is 4.57. The average molecular weight is 283 g/mol. The number of ether oxygens (including phenoxy) is 1. The number of carbonyl (C=O) groups is 1. The van der Waals surface area contributed by atoms with E-state index in [4.69, 9.17) is 9.84 Å². The second kappa shape index (κ2) is 6.24. The first-order valence-corrected chi connectivity index (χ1v) is 7.34. The van der Waals surface area contributed by atoms with Crippen molar-refractivity contribution in [2.45, 2.75) is 45.3 Å². The van der Waals surface area contributed by atoms with E-state index in [0.717, 1.165) is 18.4 Å². The highest BCUT2D eigenvalue weighted by Crippen LogP contribution is 2.50. The number of aliphatic hydroxyl groups excluding tert-OH is 2. The second-order valence-electron chi connectivity index (χ2n) is 6.11. The fourth-order valence-electron chi connectivity index (χ4n) is 3.29. The summed E-state index contributed by atoms with van der Waals surface area (Å²) in [6.45, 7) is 5.49. The van der Waals surface area contributed by atoms with Crippen LogP contribution in [0.5, 0.6) is 0 Å². The standard InChI is InChI=1S/C15H25NO4/c1-11(2)9-14(19)16-5-3-15(4-6-16)12(18)10-13(15)20-8-7-17/h9,12-13,17-18H,3-8,10H2,1-2H3/t12-,13+/m1/s1. The van der Waals surface area contributed by atoms with Crippen molar-refractivity contribution >= 4 is 5.91 Å². The number of rotatable bonds is 4. The number of allylic oxidation sites excluding steroid dienone is 1.